The van der Waals surface area contributed by atoms with E-state index in [0.717, 1.165) is 50.8 Å². The predicted octanol–water partition coefficient (Wildman–Crippen LogP) is 1.30. The molecule has 3 rings (SSSR count). The number of aliphatic hydroxyl groups is 1. The Morgan fingerprint density at radius 3 is 2.57 bits per heavy atom. The van der Waals surface area contributed by atoms with Crippen molar-refractivity contribution in [2.75, 3.05) is 13.1 Å². The molecule has 1 aliphatic heterocycles. The quantitative estimate of drug-likeness (QED) is 0.771. The number of benzene rings is 1. The number of nitrogens with zero attached hydrogens (tertiary/aromatic N) is 3. The molecule has 6 nitrogen and oxygen atoms in total. The van der Waals surface area contributed by atoms with Gasteiger partial charge in [-0.15, -0.1) is 5.10 Å². The lowest BCUT2D eigenvalue weighted by molar-refractivity contribution is 0.000922. The second-order valence-electron chi connectivity index (χ2n) is 5.77. The smallest absolute Gasteiger partial charge is 0.179 e. The SMILES string of the molecule is OC1(CCCc2ccc(-c3nnn[nH]3)cc2)CCNCC1. The Kier molecular flexibility index (Phi) is 4.26. The minimum absolute atomic E-state index is 0.462. The highest BCUT2D eigenvalue weighted by Crippen LogP contribution is 2.25. The molecule has 1 aliphatic rings. The van der Waals surface area contributed by atoms with Crippen molar-refractivity contribution < 1.29 is 5.11 Å². The summed E-state index contributed by atoms with van der Waals surface area (Å²) < 4.78 is 0. The van der Waals surface area contributed by atoms with E-state index in [-0.39, 0.29) is 0 Å². The van der Waals surface area contributed by atoms with Gasteiger partial charge in [-0.3, -0.25) is 0 Å². The van der Waals surface area contributed by atoms with Crippen molar-refractivity contribution in [3.8, 4) is 11.4 Å². The van der Waals surface area contributed by atoms with Gasteiger partial charge in [0, 0.05) is 5.56 Å². The zero-order valence-electron chi connectivity index (χ0n) is 12.0. The number of nitrogens with one attached hydrogen (secondary N) is 2. The highest BCUT2D eigenvalue weighted by molar-refractivity contribution is 5.54. The summed E-state index contributed by atoms with van der Waals surface area (Å²) in [4.78, 5) is 0. The van der Waals surface area contributed by atoms with E-state index in [2.05, 4.69) is 38.1 Å². The highest BCUT2D eigenvalue weighted by Gasteiger charge is 2.28. The van der Waals surface area contributed by atoms with Crippen LogP contribution in [-0.4, -0.2) is 44.4 Å². The van der Waals surface area contributed by atoms with Crippen LogP contribution in [0.4, 0.5) is 0 Å². The number of hydrogen-bond acceptors (Lipinski definition) is 5. The van der Waals surface area contributed by atoms with E-state index in [1.54, 1.807) is 0 Å². The molecule has 0 radical (unpaired) electrons. The summed E-state index contributed by atoms with van der Waals surface area (Å²) in [5, 5.41) is 27.5. The largest absolute Gasteiger partial charge is 0.390 e. The molecule has 6 heteroatoms. The van der Waals surface area contributed by atoms with Crippen LogP contribution in [0.2, 0.25) is 0 Å². The van der Waals surface area contributed by atoms with Gasteiger partial charge in [-0.25, -0.2) is 5.10 Å². The van der Waals surface area contributed by atoms with Crippen LogP contribution < -0.4 is 5.32 Å². The van der Waals surface area contributed by atoms with Gasteiger partial charge >= 0.3 is 0 Å². The number of hydrogen-bond donors (Lipinski definition) is 3. The Morgan fingerprint density at radius 1 is 1.14 bits per heavy atom. The maximum atomic E-state index is 10.5. The van der Waals surface area contributed by atoms with Gasteiger partial charge in [-0.05, 0) is 61.2 Å². The summed E-state index contributed by atoms with van der Waals surface area (Å²) in [6.45, 7) is 1.85. The van der Waals surface area contributed by atoms with Gasteiger partial charge in [0.05, 0.1) is 5.60 Å². The number of aromatic nitrogens is 4. The molecule has 112 valence electrons. The van der Waals surface area contributed by atoms with Gasteiger partial charge in [-0.1, -0.05) is 24.3 Å². The molecule has 3 N–H and O–H groups in total. The predicted molar refractivity (Wildman–Crippen MR) is 79.6 cm³/mol. The maximum Gasteiger partial charge on any atom is 0.179 e. The van der Waals surface area contributed by atoms with Gasteiger partial charge in [0.1, 0.15) is 0 Å². The zero-order chi connectivity index (χ0) is 14.5. The molecule has 0 atom stereocenters. The Hall–Kier alpha value is -1.79. The number of aromatic amines is 1. The fraction of sp³-hybridized carbons (Fsp3) is 0.533. The van der Waals surface area contributed by atoms with Crippen molar-refractivity contribution in [1.29, 1.82) is 0 Å². The third-order valence-electron chi connectivity index (χ3n) is 4.21. The summed E-state index contributed by atoms with van der Waals surface area (Å²) in [6.07, 6.45) is 4.61. The van der Waals surface area contributed by atoms with Crippen LogP contribution in [0.5, 0.6) is 0 Å². The average molecular weight is 287 g/mol. The monoisotopic (exact) mass is 287 g/mol. The normalized spacial score (nSPS) is 17.8. The van der Waals surface area contributed by atoms with Crippen LogP contribution in [0.3, 0.4) is 0 Å². The molecular weight excluding hydrogens is 266 g/mol. The van der Waals surface area contributed by atoms with Crippen LogP contribution in [0.15, 0.2) is 24.3 Å². The molecule has 0 unspecified atom stereocenters. The van der Waals surface area contributed by atoms with E-state index in [0.29, 0.717) is 5.82 Å². The third kappa shape index (κ3) is 3.65. The van der Waals surface area contributed by atoms with Gasteiger partial charge in [-0.2, -0.15) is 0 Å². The average Bonchev–Trinajstić information content (AvgIpc) is 3.03. The minimum atomic E-state index is -0.462. The van der Waals surface area contributed by atoms with Crippen molar-refractivity contribution >= 4 is 0 Å². The lowest BCUT2D eigenvalue weighted by Crippen LogP contribution is -2.41. The van der Waals surface area contributed by atoms with Crippen molar-refractivity contribution in [2.24, 2.45) is 0 Å². The van der Waals surface area contributed by atoms with Crippen molar-refractivity contribution in [2.45, 2.75) is 37.7 Å². The number of aryl methyl sites for hydroxylation is 1. The molecule has 0 bridgehead atoms. The molecule has 0 amide bonds. The summed E-state index contributed by atoms with van der Waals surface area (Å²) in [6, 6.07) is 8.25. The number of piperidine rings is 1. The molecule has 1 saturated heterocycles. The topological polar surface area (TPSA) is 86.7 Å². The number of H-pyrrole nitrogens is 1. The van der Waals surface area contributed by atoms with E-state index >= 15 is 0 Å². The fourth-order valence-corrected chi connectivity index (χ4v) is 2.87. The standard InChI is InChI=1S/C15H21N5O/c21-15(8-10-16-11-9-15)7-1-2-12-3-5-13(6-4-12)14-17-19-20-18-14/h3-6,16,21H,1-2,7-11H2,(H,17,18,19,20). The van der Waals surface area contributed by atoms with Crippen LogP contribution in [0.1, 0.15) is 31.2 Å². The molecule has 1 aromatic carbocycles. The Morgan fingerprint density at radius 2 is 1.90 bits per heavy atom. The Bertz CT molecular complexity index is 546. The molecule has 2 heterocycles. The lowest BCUT2D eigenvalue weighted by atomic mass is 9.87. The first-order valence-electron chi connectivity index (χ1n) is 7.51. The van der Waals surface area contributed by atoms with E-state index in [1.807, 2.05) is 12.1 Å². The van der Waals surface area contributed by atoms with Gasteiger partial charge in [0.2, 0.25) is 0 Å². The second-order valence-corrected chi connectivity index (χ2v) is 5.77. The van der Waals surface area contributed by atoms with E-state index < -0.39 is 5.60 Å². The maximum absolute atomic E-state index is 10.5. The molecule has 0 saturated carbocycles. The van der Waals surface area contributed by atoms with Crippen molar-refractivity contribution in [1.82, 2.24) is 25.9 Å². The van der Waals surface area contributed by atoms with Crippen molar-refractivity contribution in [3.05, 3.63) is 29.8 Å². The zero-order valence-corrected chi connectivity index (χ0v) is 12.0. The highest BCUT2D eigenvalue weighted by atomic mass is 16.3. The first-order chi connectivity index (χ1) is 10.3. The third-order valence-corrected chi connectivity index (χ3v) is 4.21. The molecule has 2 aromatic rings. The Labute approximate surface area is 124 Å². The van der Waals surface area contributed by atoms with Gasteiger partial charge in [0.15, 0.2) is 5.82 Å². The van der Waals surface area contributed by atoms with E-state index in [9.17, 15) is 5.11 Å². The van der Waals surface area contributed by atoms with Crippen LogP contribution in [0, 0.1) is 0 Å². The number of tetrazole rings is 1. The summed E-state index contributed by atoms with van der Waals surface area (Å²) >= 11 is 0. The number of rotatable bonds is 5. The van der Waals surface area contributed by atoms with E-state index in [1.165, 1.54) is 5.56 Å². The van der Waals surface area contributed by atoms with Gasteiger partial charge < -0.3 is 10.4 Å². The Balaban J connectivity index is 1.51. The van der Waals surface area contributed by atoms with Crippen LogP contribution in [-0.2, 0) is 6.42 Å². The molecule has 0 spiro atoms. The van der Waals surface area contributed by atoms with Crippen LogP contribution >= 0.6 is 0 Å². The molecule has 0 aliphatic carbocycles. The first-order valence-corrected chi connectivity index (χ1v) is 7.51. The molecule has 1 aromatic heterocycles. The lowest BCUT2D eigenvalue weighted by Gasteiger charge is -2.32. The van der Waals surface area contributed by atoms with Crippen LogP contribution in [0.25, 0.3) is 11.4 Å². The minimum Gasteiger partial charge on any atom is -0.390 e. The second kappa shape index (κ2) is 6.32. The van der Waals surface area contributed by atoms with E-state index in [4.69, 9.17) is 0 Å². The molecular formula is C15H21N5O. The summed E-state index contributed by atoms with van der Waals surface area (Å²) in [5.74, 6) is 0.686. The fourth-order valence-electron chi connectivity index (χ4n) is 2.87. The molecule has 1 fully saturated rings. The van der Waals surface area contributed by atoms with Crippen molar-refractivity contribution in [3.63, 3.8) is 0 Å². The summed E-state index contributed by atoms with van der Waals surface area (Å²) in [5.41, 5.74) is 1.81. The van der Waals surface area contributed by atoms with Gasteiger partial charge in [0.25, 0.3) is 0 Å². The summed E-state index contributed by atoms with van der Waals surface area (Å²) in [7, 11) is 0. The molecule has 21 heavy (non-hydrogen) atoms. The first kappa shape index (κ1) is 14.2.